The molecule has 6 rings (SSSR count). The Morgan fingerprint density at radius 1 is 0.818 bits per heavy atom. The van der Waals surface area contributed by atoms with Gasteiger partial charge in [-0.05, 0) is 73.5 Å². The summed E-state index contributed by atoms with van der Waals surface area (Å²) in [6.07, 6.45) is 8.10. The molecule has 4 heterocycles. The third kappa shape index (κ3) is 2.83. The summed E-state index contributed by atoms with van der Waals surface area (Å²) in [5.74, 6) is 0.895. The maximum Gasteiger partial charge on any atom is 0.211 e. The van der Waals surface area contributed by atoms with Crippen LogP contribution >= 0.6 is 0 Å². The highest BCUT2D eigenvalue weighted by atomic mass is 16.5. The Kier molecular flexibility index (Phi) is 4.21. The smallest absolute Gasteiger partial charge is 0.211 e. The molecule has 162 valence electrons. The summed E-state index contributed by atoms with van der Waals surface area (Å²) in [5.41, 5.74) is 6.76. The quantitative estimate of drug-likeness (QED) is 0.371. The number of rotatable bonds is 2. The average Bonchev–Trinajstić information content (AvgIpc) is 3.03. The standard InChI is InChI=1S/C29H25N3O/c1-28(2)23-8-4-5-10-26(23)32(3)29(28)16-15-21-18-20(12-14-27(21)33-29)22-11-13-25(31-19-22)24-9-6-7-17-30-24/h4-19H,1-3H3. The van der Waals surface area contributed by atoms with Crippen LogP contribution < -0.4 is 9.64 Å². The van der Waals surface area contributed by atoms with E-state index in [1.165, 1.54) is 11.3 Å². The number of pyridine rings is 2. The Labute approximate surface area is 194 Å². The van der Waals surface area contributed by atoms with Gasteiger partial charge in [-0.1, -0.05) is 36.4 Å². The van der Waals surface area contributed by atoms with Gasteiger partial charge in [0.2, 0.25) is 5.72 Å². The van der Waals surface area contributed by atoms with Gasteiger partial charge in [0, 0.05) is 36.3 Å². The lowest BCUT2D eigenvalue weighted by atomic mass is 9.76. The van der Waals surface area contributed by atoms with Crippen LogP contribution in [0.3, 0.4) is 0 Å². The van der Waals surface area contributed by atoms with Gasteiger partial charge in [-0.2, -0.15) is 0 Å². The van der Waals surface area contributed by atoms with Gasteiger partial charge in [0.05, 0.1) is 16.8 Å². The highest BCUT2D eigenvalue weighted by Gasteiger charge is 2.57. The number of hydrogen-bond donors (Lipinski definition) is 0. The number of nitrogens with zero attached hydrogens (tertiary/aromatic N) is 3. The number of aromatic nitrogens is 2. The van der Waals surface area contributed by atoms with Gasteiger partial charge in [0.25, 0.3) is 0 Å². The van der Waals surface area contributed by atoms with Gasteiger partial charge in [0.1, 0.15) is 5.75 Å². The lowest BCUT2D eigenvalue weighted by Crippen LogP contribution is -2.58. The molecule has 4 aromatic rings. The van der Waals surface area contributed by atoms with Crippen LogP contribution in [0, 0.1) is 0 Å². The molecule has 2 aromatic heterocycles. The zero-order chi connectivity index (χ0) is 22.6. The number of para-hydroxylation sites is 1. The van der Waals surface area contributed by atoms with Crippen LogP contribution in [0.15, 0.2) is 91.3 Å². The zero-order valence-corrected chi connectivity index (χ0v) is 19.0. The summed E-state index contributed by atoms with van der Waals surface area (Å²) in [5, 5.41) is 0. The van der Waals surface area contributed by atoms with Gasteiger partial charge in [0.15, 0.2) is 0 Å². The molecular formula is C29H25N3O. The minimum Gasteiger partial charge on any atom is -0.463 e. The molecule has 33 heavy (non-hydrogen) atoms. The van der Waals surface area contributed by atoms with Crippen LogP contribution in [-0.4, -0.2) is 22.7 Å². The highest BCUT2D eigenvalue weighted by molar-refractivity contribution is 5.75. The van der Waals surface area contributed by atoms with Crippen molar-refractivity contribution in [2.45, 2.75) is 25.0 Å². The molecule has 1 spiro atoms. The fraction of sp³-hybridized carbons (Fsp3) is 0.172. The van der Waals surface area contributed by atoms with E-state index in [0.717, 1.165) is 33.8 Å². The number of likely N-dealkylation sites (N-methyl/N-ethyl adjacent to an activating group) is 1. The summed E-state index contributed by atoms with van der Waals surface area (Å²) in [4.78, 5) is 11.3. The predicted octanol–water partition coefficient (Wildman–Crippen LogP) is 6.34. The van der Waals surface area contributed by atoms with Crippen LogP contribution in [-0.2, 0) is 5.41 Å². The molecule has 0 radical (unpaired) electrons. The summed E-state index contributed by atoms with van der Waals surface area (Å²) in [7, 11) is 2.12. The van der Waals surface area contributed by atoms with Crippen LogP contribution in [0.5, 0.6) is 5.75 Å². The highest BCUT2D eigenvalue weighted by Crippen LogP contribution is 2.54. The molecule has 2 aliphatic rings. The molecule has 4 nitrogen and oxygen atoms in total. The maximum atomic E-state index is 6.77. The minimum atomic E-state index is -0.558. The molecule has 0 bridgehead atoms. The molecular weight excluding hydrogens is 406 g/mol. The van der Waals surface area contributed by atoms with Crippen LogP contribution in [0.1, 0.15) is 25.0 Å². The SMILES string of the molecule is CN1c2ccccc2C(C)(C)C12C=Cc1cc(-c3ccc(-c4ccccn4)nc3)ccc1O2. The first kappa shape index (κ1) is 19.7. The second-order valence-corrected chi connectivity index (χ2v) is 9.23. The van der Waals surface area contributed by atoms with E-state index in [1.807, 2.05) is 30.5 Å². The topological polar surface area (TPSA) is 38.2 Å². The molecule has 4 heteroatoms. The molecule has 0 saturated heterocycles. The van der Waals surface area contributed by atoms with Gasteiger partial charge in [-0.25, -0.2) is 0 Å². The van der Waals surface area contributed by atoms with Crippen molar-refractivity contribution in [2.24, 2.45) is 0 Å². The number of hydrogen-bond acceptors (Lipinski definition) is 4. The Morgan fingerprint density at radius 2 is 1.61 bits per heavy atom. The Hall–Kier alpha value is -3.92. The van der Waals surface area contributed by atoms with Crippen LogP contribution in [0.2, 0.25) is 0 Å². The van der Waals surface area contributed by atoms with E-state index in [-0.39, 0.29) is 5.41 Å². The molecule has 1 atom stereocenters. The first-order valence-corrected chi connectivity index (χ1v) is 11.2. The van der Waals surface area contributed by atoms with E-state index >= 15 is 0 Å². The molecule has 0 saturated carbocycles. The van der Waals surface area contributed by atoms with Crippen molar-refractivity contribution in [3.63, 3.8) is 0 Å². The molecule has 0 N–H and O–H groups in total. The van der Waals surface area contributed by atoms with Gasteiger partial charge in [-0.3, -0.25) is 9.97 Å². The molecule has 2 aliphatic heterocycles. The Balaban J connectivity index is 1.33. The van der Waals surface area contributed by atoms with E-state index in [4.69, 9.17) is 4.74 Å². The first-order chi connectivity index (χ1) is 16.0. The third-order valence-corrected chi connectivity index (χ3v) is 7.12. The summed E-state index contributed by atoms with van der Waals surface area (Å²) >= 11 is 0. The van der Waals surface area contributed by atoms with Crippen LogP contribution in [0.25, 0.3) is 28.6 Å². The second-order valence-electron chi connectivity index (χ2n) is 9.23. The van der Waals surface area contributed by atoms with Crippen molar-refractivity contribution in [2.75, 3.05) is 11.9 Å². The average molecular weight is 432 g/mol. The molecule has 0 fully saturated rings. The van der Waals surface area contributed by atoms with Gasteiger partial charge >= 0.3 is 0 Å². The van der Waals surface area contributed by atoms with Crippen molar-refractivity contribution in [1.29, 1.82) is 0 Å². The Morgan fingerprint density at radius 3 is 2.36 bits per heavy atom. The number of fused-ring (bicyclic) bond motifs is 2. The zero-order valence-electron chi connectivity index (χ0n) is 19.0. The molecule has 0 amide bonds. The summed E-state index contributed by atoms with van der Waals surface area (Å²) in [6, 6.07) is 24.9. The number of benzene rings is 2. The number of anilines is 1. The largest absolute Gasteiger partial charge is 0.463 e. The minimum absolute atomic E-state index is 0.198. The fourth-order valence-corrected chi connectivity index (χ4v) is 5.19. The van der Waals surface area contributed by atoms with E-state index in [0.29, 0.717) is 0 Å². The third-order valence-electron chi connectivity index (χ3n) is 7.12. The van der Waals surface area contributed by atoms with Crippen molar-refractivity contribution in [3.8, 4) is 28.3 Å². The van der Waals surface area contributed by atoms with Crippen molar-refractivity contribution in [3.05, 3.63) is 102 Å². The monoisotopic (exact) mass is 431 g/mol. The van der Waals surface area contributed by atoms with Crippen molar-refractivity contribution in [1.82, 2.24) is 9.97 Å². The summed E-state index contributed by atoms with van der Waals surface area (Å²) in [6.45, 7) is 4.52. The van der Waals surface area contributed by atoms with Crippen LogP contribution in [0.4, 0.5) is 5.69 Å². The number of ether oxygens (including phenoxy) is 1. The van der Waals surface area contributed by atoms with Gasteiger partial charge < -0.3 is 9.64 Å². The van der Waals surface area contributed by atoms with Gasteiger partial charge in [-0.15, -0.1) is 0 Å². The molecule has 0 aliphatic carbocycles. The van der Waals surface area contributed by atoms with E-state index < -0.39 is 5.72 Å². The Bertz CT molecular complexity index is 1380. The second kappa shape index (κ2) is 7.04. The lowest BCUT2D eigenvalue weighted by Gasteiger charge is -2.45. The maximum absolute atomic E-state index is 6.77. The normalized spacial score (nSPS) is 19.8. The predicted molar refractivity (Wildman–Crippen MR) is 133 cm³/mol. The first-order valence-electron chi connectivity index (χ1n) is 11.2. The van der Waals surface area contributed by atoms with Crippen molar-refractivity contribution >= 4 is 11.8 Å². The fourth-order valence-electron chi connectivity index (χ4n) is 5.19. The summed E-state index contributed by atoms with van der Waals surface area (Å²) < 4.78 is 6.77. The van der Waals surface area contributed by atoms with E-state index in [1.54, 1.807) is 6.20 Å². The van der Waals surface area contributed by atoms with E-state index in [9.17, 15) is 0 Å². The van der Waals surface area contributed by atoms with E-state index in [2.05, 4.69) is 96.4 Å². The lowest BCUT2D eigenvalue weighted by molar-refractivity contribution is 0.0582. The molecule has 1 unspecified atom stereocenters. The van der Waals surface area contributed by atoms with Crippen molar-refractivity contribution < 1.29 is 4.74 Å². The molecule has 2 aromatic carbocycles.